The zero-order valence-corrected chi connectivity index (χ0v) is 13.8. The van der Waals surface area contributed by atoms with Crippen LogP contribution < -0.4 is 20.3 Å². The largest absolute Gasteiger partial charge is 0.486 e. The number of rotatable bonds is 1. The third-order valence-electron chi connectivity index (χ3n) is 4.55. The molecule has 3 aliphatic heterocycles. The van der Waals surface area contributed by atoms with Gasteiger partial charge in [-0.1, -0.05) is 0 Å². The standard InChI is InChI=1S/C14H19ClN4O.CH5N/c15-14-16-12(18-6-1-2-7-18)11-13(17-14)19-8-3-4-10(19)5-9-20-11;1-2/h10H,1-9H2;2H2,1H3. The van der Waals surface area contributed by atoms with Gasteiger partial charge in [0.2, 0.25) is 11.0 Å². The highest BCUT2D eigenvalue weighted by molar-refractivity contribution is 6.28. The van der Waals surface area contributed by atoms with Crippen LogP contribution in [-0.2, 0) is 0 Å². The van der Waals surface area contributed by atoms with Crippen LogP contribution in [0.2, 0.25) is 5.28 Å². The molecule has 1 aromatic rings. The third kappa shape index (κ3) is 2.82. The zero-order chi connectivity index (χ0) is 15.5. The van der Waals surface area contributed by atoms with E-state index in [1.807, 2.05) is 0 Å². The molecule has 1 unspecified atom stereocenters. The molecule has 6 nitrogen and oxygen atoms in total. The smallest absolute Gasteiger partial charge is 0.226 e. The Morgan fingerprint density at radius 2 is 1.77 bits per heavy atom. The van der Waals surface area contributed by atoms with Crippen LogP contribution in [0.1, 0.15) is 32.1 Å². The lowest BCUT2D eigenvalue weighted by Gasteiger charge is -2.25. The second-order valence-corrected chi connectivity index (χ2v) is 6.13. The van der Waals surface area contributed by atoms with Gasteiger partial charge in [-0.25, -0.2) is 0 Å². The van der Waals surface area contributed by atoms with Gasteiger partial charge in [-0.05, 0) is 44.3 Å². The van der Waals surface area contributed by atoms with Gasteiger partial charge in [0.15, 0.2) is 11.6 Å². The van der Waals surface area contributed by atoms with E-state index in [1.165, 1.54) is 32.7 Å². The number of hydrogen-bond acceptors (Lipinski definition) is 6. The molecule has 0 aromatic carbocycles. The molecule has 7 heteroatoms. The van der Waals surface area contributed by atoms with Crippen molar-refractivity contribution < 1.29 is 4.74 Å². The minimum Gasteiger partial charge on any atom is -0.486 e. The summed E-state index contributed by atoms with van der Waals surface area (Å²) in [5.74, 6) is 2.65. The SMILES string of the molecule is CN.Clc1nc(N2CCCC2)c2c(n1)N1CCCC1CCO2. The van der Waals surface area contributed by atoms with Crippen molar-refractivity contribution in [1.29, 1.82) is 0 Å². The minimum atomic E-state index is 0.335. The van der Waals surface area contributed by atoms with Crippen molar-refractivity contribution in [3.05, 3.63) is 5.28 Å². The molecule has 1 aromatic heterocycles. The second-order valence-electron chi connectivity index (χ2n) is 5.79. The van der Waals surface area contributed by atoms with Crippen molar-refractivity contribution in [2.45, 2.75) is 38.1 Å². The van der Waals surface area contributed by atoms with Crippen molar-refractivity contribution in [3.63, 3.8) is 0 Å². The lowest BCUT2D eigenvalue weighted by atomic mass is 10.1. The molecule has 0 radical (unpaired) electrons. The summed E-state index contributed by atoms with van der Waals surface area (Å²) >= 11 is 6.17. The number of nitrogens with zero attached hydrogens (tertiary/aromatic N) is 4. The Morgan fingerprint density at radius 3 is 2.55 bits per heavy atom. The number of ether oxygens (including phenoxy) is 1. The fourth-order valence-electron chi connectivity index (χ4n) is 3.58. The lowest BCUT2D eigenvalue weighted by Crippen LogP contribution is -2.29. The van der Waals surface area contributed by atoms with Gasteiger partial charge in [-0.3, -0.25) is 0 Å². The van der Waals surface area contributed by atoms with E-state index < -0.39 is 0 Å². The maximum atomic E-state index is 6.17. The van der Waals surface area contributed by atoms with E-state index in [4.69, 9.17) is 16.3 Å². The van der Waals surface area contributed by atoms with Gasteiger partial charge >= 0.3 is 0 Å². The summed E-state index contributed by atoms with van der Waals surface area (Å²) in [6.07, 6.45) is 5.94. The average Bonchev–Trinajstić information content (AvgIpc) is 3.19. The molecule has 22 heavy (non-hydrogen) atoms. The molecule has 122 valence electrons. The molecule has 0 bridgehead atoms. The highest BCUT2D eigenvalue weighted by Gasteiger charge is 2.34. The van der Waals surface area contributed by atoms with E-state index in [0.717, 1.165) is 50.0 Å². The van der Waals surface area contributed by atoms with Gasteiger partial charge in [-0.2, -0.15) is 9.97 Å². The molecule has 0 amide bonds. The monoisotopic (exact) mass is 325 g/mol. The number of nitrogens with two attached hydrogens (primary N) is 1. The molecule has 2 fully saturated rings. The number of fused-ring (bicyclic) bond motifs is 3. The van der Waals surface area contributed by atoms with Crippen LogP contribution in [0.3, 0.4) is 0 Å². The number of halogens is 1. The topological polar surface area (TPSA) is 67.5 Å². The fourth-order valence-corrected chi connectivity index (χ4v) is 3.74. The first kappa shape index (κ1) is 15.6. The molecule has 2 N–H and O–H groups in total. The summed E-state index contributed by atoms with van der Waals surface area (Å²) in [6, 6.07) is 0.550. The molecular formula is C15H24ClN5O. The van der Waals surface area contributed by atoms with E-state index in [9.17, 15) is 0 Å². The first-order valence-corrected chi connectivity index (χ1v) is 8.50. The number of aromatic nitrogens is 2. The number of anilines is 2. The van der Waals surface area contributed by atoms with Crippen molar-refractivity contribution in [3.8, 4) is 5.75 Å². The van der Waals surface area contributed by atoms with E-state index in [-0.39, 0.29) is 0 Å². The summed E-state index contributed by atoms with van der Waals surface area (Å²) in [5.41, 5.74) is 4.50. The van der Waals surface area contributed by atoms with Crippen LogP contribution >= 0.6 is 11.6 Å². The van der Waals surface area contributed by atoms with E-state index in [1.54, 1.807) is 0 Å². The Kier molecular flexibility index (Phi) is 4.88. The van der Waals surface area contributed by atoms with Gasteiger partial charge in [0, 0.05) is 32.1 Å². The van der Waals surface area contributed by atoms with Crippen LogP contribution in [0, 0.1) is 0 Å². The Balaban J connectivity index is 0.000000693. The summed E-state index contributed by atoms with van der Waals surface area (Å²) < 4.78 is 6.02. The van der Waals surface area contributed by atoms with Crippen LogP contribution in [0.25, 0.3) is 0 Å². The van der Waals surface area contributed by atoms with Gasteiger partial charge in [0.1, 0.15) is 0 Å². The molecule has 2 saturated heterocycles. The second kappa shape index (κ2) is 6.87. The Hall–Kier alpha value is -1.27. The van der Waals surface area contributed by atoms with E-state index >= 15 is 0 Å². The summed E-state index contributed by atoms with van der Waals surface area (Å²) in [6.45, 7) is 3.87. The van der Waals surface area contributed by atoms with Crippen molar-refractivity contribution in [1.82, 2.24) is 9.97 Å². The van der Waals surface area contributed by atoms with Crippen molar-refractivity contribution >= 4 is 23.2 Å². The summed E-state index contributed by atoms with van der Waals surface area (Å²) in [7, 11) is 1.50. The number of hydrogen-bond donors (Lipinski definition) is 1. The molecule has 1 atom stereocenters. The quantitative estimate of drug-likeness (QED) is 0.797. The molecule has 0 saturated carbocycles. The molecule has 3 aliphatic rings. The fraction of sp³-hybridized carbons (Fsp3) is 0.733. The maximum Gasteiger partial charge on any atom is 0.226 e. The Morgan fingerprint density at radius 1 is 1.05 bits per heavy atom. The predicted octanol–water partition coefficient (Wildman–Crippen LogP) is 2.06. The lowest BCUT2D eigenvalue weighted by molar-refractivity contribution is 0.309. The maximum absolute atomic E-state index is 6.17. The summed E-state index contributed by atoms with van der Waals surface area (Å²) in [5, 5.41) is 0.335. The Bertz CT molecular complexity index is 521. The van der Waals surface area contributed by atoms with Crippen molar-refractivity contribution in [2.24, 2.45) is 5.73 Å². The van der Waals surface area contributed by atoms with Gasteiger partial charge < -0.3 is 20.3 Å². The van der Waals surface area contributed by atoms with Crippen LogP contribution in [0.4, 0.5) is 11.6 Å². The van der Waals surface area contributed by atoms with Gasteiger partial charge in [0.25, 0.3) is 0 Å². The normalized spacial score (nSPS) is 23.1. The zero-order valence-electron chi connectivity index (χ0n) is 13.1. The highest BCUT2D eigenvalue weighted by Crippen LogP contribution is 2.42. The summed E-state index contributed by atoms with van der Waals surface area (Å²) in [4.78, 5) is 13.6. The van der Waals surface area contributed by atoms with Crippen molar-refractivity contribution in [2.75, 3.05) is 43.1 Å². The average molecular weight is 326 g/mol. The van der Waals surface area contributed by atoms with Gasteiger partial charge in [0.05, 0.1) is 6.61 Å². The predicted molar refractivity (Wildman–Crippen MR) is 89.1 cm³/mol. The third-order valence-corrected chi connectivity index (χ3v) is 4.72. The van der Waals surface area contributed by atoms with Crippen LogP contribution in [-0.4, -0.2) is 49.3 Å². The van der Waals surface area contributed by atoms with Gasteiger partial charge in [-0.15, -0.1) is 0 Å². The first-order valence-electron chi connectivity index (χ1n) is 8.12. The molecule has 0 spiro atoms. The first-order chi connectivity index (χ1) is 10.8. The van der Waals surface area contributed by atoms with Crippen LogP contribution in [0.15, 0.2) is 0 Å². The van der Waals surface area contributed by atoms with Crippen LogP contribution in [0.5, 0.6) is 5.75 Å². The highest BCUT2D eigenvalue weighted by atomic mass is 35.5. The molecule has 4 heterocycles. The minimum absolute atomic E-state index is 0.335. The molecule has 0 aliphatic carbocycles. The Labute approximate surface area is 136 Å². The van der Waals surface area contributed by atoms with E-state index in [2.05, 4.69) is 25.5 Å². The molecular weight excluding hydrogens is 302 g/mol. The van der Waals surface area contributed by atoms with E-state index in [0.29, 0.717) is 11.3 Å². The molecule has 4 rings (SSSR count).